The van der Waals surface area contributed by atoms with Crippen molar-refractivity contribution >= 4 is 17.7 Å². The van der Waals surface area contributed by atoms with Gasteiger partial charge in [-0.2, -0.15) is 0 Å². The van der Waals surface area contributed by atoms with Crippen molar-refractivity contribution < 1.29 is 19.5 Å². The van der Waals surface area contributed by atoms with Gasteiger partial charge in [0.15, 0.2) is 5.78 Å². The van der Waals surface area contributed by atoms with Gasteiger partial charge < -0.3 is 10.4 Å². The highest BCUT2D eigenvalue weighted by Crippen LogP contribution is 2.05. The van der Waals surface area contributed by atoms with Gasteiger partial charge in [-0.05, 0) is 26.2 Å². The summed E-state index contributed by atoms with van der Waals surface area (Å²) in [4.78, 5) is 35.8. The Bertz CT molecular complexity index is 355. The van der Waals surface area contributed by atoms with Crippen LogP contribution in [0.1, 0.15) is 41.0 Å². The molecule has 2 atom stereocenters. The summed E-state index contributed by atoms with van der Waals surface area (Å²) < 4.78 is 0. The van der Waals surface area contributed by atoms with Gasteiger partial charge >= 0.3 is 5.97 Å². The Balaban J connectivity index is 4.66. The number of carbonyl (C=O) groups is 3. The molecule has 2 unspecified atom stereocenters. The third kappa shape index (κ3) is 6.65. The zero-order chi connectivity index (χ0) is 15.9. The maximum absolute atomic E-state index is 12.0. The first-order valence-electron chi connectivity index (χ1n) is 6.94. The second kappa shape index (κ2) is 8.68. The van der Waals surface area contributed by atoms with Crippen LogP contribution in [0.4, 0.5) is 0 Å². The molecule has 6 nitrogen and oxygen atoms in total. The number of nitrogens with zero attached hydrogens (tertiary/aromatic N) is 1. The fraction of sp³-hybridized carbons (Fsp3) is 0.786. The van der Waals surface area contributed by atoms with Gasteiger partial charge in [-0.1, -0.05) is 20.8 Å². The molecule has 0 aromatic rings. The Morgan fingerprint density at radius 3 is 2.05 bits per heavy atom. The van der Waals surface area contributed by atoms with Crippen LogP contribution in [-0.2, 0) is 14.4 Å². The van der Waals surface area contributed by atoms with Crippen LogP contribution in [0.5, 0.6) is 0 Å². The average molecular weight is 286 g/mol. The van der Waals surface area contributed by atoms with E-state index >= 15 is 0 Å². The highest BCUT2D eigenvalue weighted by Gasteiger charge is 2.23. The molecule has 0 fully saturated rings. The Morgan fingerprint density at radius 2 is 1.70 bits per heavy atom. The fourth-order valence-electron chi connectivity index (χ4n) is 1.94. The van der Waals surface area contributed by atoms with Gasteiger partial charge in [0.2, 0.25) is 5.91 Å². The molecule has 1 amide bonds. The lowest BCUT2D eigenvalue weighted by Crippen LogP contribution is -2.49. The lowest BCUT2D eigenvalue weighted by Gasteiger charge is -2.27. The summed E-state index contributed by atoms with van der Waals surface area (Å²) in [5.74, 6) is -1.37. The van der Waals surface area contributed by atoms with Crippen LogP contribution < -0.4 is 5.32 Å². The van der Waals surface area contributed by atoms with Crippen LogP contribution in [0.2, 0.25) is 0 Å². The molecule has 0 aliphatic carbocycles. The predicted octanol–water partition coefficient (Wildman–Crippen LogP) is 0.901. The smallest absolute Gasteiger partial charge is 0.317 e. The molecular formula is C14H26N2O4. The minimum absolute atomic E-state index is 0.00738. The van der Waals surface area contributed by atoms with Gasteiger partial charge in [-0.3, -0.25) is 19.3 Å². The molecule has 116 valence electrons. The van der Waals surface area contributed by atoms with Crippen molar-refractivity contribution in [2.24, 2.45) is 5.92 Å². The van der Waals surface area contributed by atoms with Gasteiger partial charge in [0, 0.05) is 6.04 Å². The number of carbonyl (C=O) groups excluding carboxylic acids is 2. The van der Waals surface area contributed by atoms with Crippen LogP contribution in [0.25, 0.3) is 0 Å². The van der Waals surface area contributed by atoms with Crippen molar-refractivity contribution in [2.45, 2.75) is 53.1 Å². The molecule has 0 aliphatic heterocycles. The maximum atomic E-state index is 12.0. The Hall–Kier alpha value is -1.43. The minimum atomic E-state index is -0.968. The Morgan fingerprint density at radius 1 is 1.15 bits per heavy atom. The van der Waals surface area contributed by atoms with Crippen molar-refractivity contribution in [1.82, 2.24) is 10.2 Å². The molecule has 0 bridgehead atoms. The van der Waals surface area contributed by atoms with Crippen molar-refractivity contribution in [1.29, 1.82) is 0 Å². The number of amides is 1. The van der Waals surface area contributed by atoms with Crippen LogP contribution in [0, 0.1) is 5.92 Å². The molecule has 20 heavy (non-hydrogen) atoms. The zero-order valence-electron chi connectivity index (χ0n) is 13.0. The minimum Gasteiger partial charge on any atom is -0.480 e. The molecule has 0 saturated carbocycles. The van der Waals surface area contributed by atoms with Gasteiger partial charge in [-0.15, -0.1) is 0 Å². The molecule has 0 rings (SSSR count). The molecule has 0 heterocycles. The third-order valence-electron chi connectivity index (χ3n) is 3.32. The first kappa shape index (κ1) is 18.6. The summed E-state index contributed by atoms with van der Waals surface area (Å²) in [6, 6.07) is -0.530. The van der Waals surface area contributed by atoms with E-state index in [0.29, 0.717) is 0 Å². The van der Waals surface area contributed by atoms with E-state index in [4.69, 9.17) is 5.11 Å². The SMILES string of the molecule is CCC(C)N(CC(=O)O)CC(=O)NC(C(C)=O)C(C)C. The molecule has 0 saturated heterocycles. The van der Waals surface area contributed by atoms with Crippen LogP contribution in [-0.4, -0.2) is 52.8 Å². The van der Waals surface area contributed by atoms with E-state index in [1.165, 1.54) is 6.92 Å². The molecule has 2 N–H and O–H groups in total. The van der Waals surface area contributed by atoms with E-state index in [2.05, 4.69) is 5.32 Å². The second-order valence-corrected chi connectivity index (χ2v) is 5.46. The molecule has 0 aliphatic rings. The summed E-state index contributed by atoms with van der Waals surface area (Å²) in [7, 11) is 0. The number of carboxylic acid groups (broad SMARTS) is 1. The van der Waals surface area contributed by atoms with Crippen molar-refractivity contribution in [3.05, 3.63) is 0 Å². The van der Waals surface area contributed by atoms with Crippen LogP contribution >= 0.6 is 0 Å². The normalized spacial score (nSPS) is 14.2. The number of Topliss-reactive ketones (excluding diaryl/α,β-unsaturated/α-hetero) is 1. The zero-order valence-corrected chi connectivity index (χ0v) is 13.0. The second-order valence-electron chi connectivity index (χ2n) is 5.46. The Kier molecular flexibility index (Phi) is 8.06. The fourth-order valence-corrected chi connectivity index (χ4v) is 1.94. The van der Waals surface area contributed by atoms with E-state index in [-0.39, 0.29) is 36.7 Å². The van der Waals surface area contributed by atoms with Gasteiger partial charge in [-0.25, -0.2) is 0 Å². The largest absolute Gasteiger partial charge is 0.480 e. The highest BCUT2D eigenvalue weighted by atomic mass is 16.4. The number of aliphatic carboxylic acids is 1. The third-order valence-corrected chi connectivity index (χ3v) is 3.32. The molecule has 6 heteroatoms. The number of carboxylic acids is 1. The maximum Gasteiger partial charge on any atom is 0.317 e. The number of hydrogen-bond donors (Lipinski definition) is 2. The van der Waals surface area contributed by atoms with Crippen molar-refractivity contribution in [3.63, 3.8) is 0 Å². The summed E-state index contributed by atoms with van der Waals surface area (Å²) in [6.07, 6.45) is 0.751. The first-order valence-corrected chi connectivity index (χ1v) is 6.94. The lowest BCUT2D eigenvalue weighted by atomic mass is 10.0. The van der Waals surface area contributed by atoms with E-state index in [1.807, 2.05) is 27.7 Å². The monoisotopic (exact) mass is 286 g/mol. The molecule has 0 spiro atoms. The average Bonchev–Trinajstić information content (AvgIpc) is 2.32. The first-order chi connectivity index (χ1) is 9.18. The summed E-state index contributed by atoms with van der Waals surface area (Å²) >= 11 is 0. The number of nitrogens with one attached hydrogen (secondary N) is 1. The highest BCUT2D eigenvalue weighted by molar-refractivity contribution is 5.88. The van der Waals surface area contributed by atoms with Gasteiger partial charge in [0.05, 0.1) is 19.1 Å². The molecular weight excluding hydrogens is 260 g/mol. The standard InChI is InChI=1S/C14H26N2O4/c1-6-10(4)16(8-13(19)20)7-12(18)15-14(9(2)3)11(5)17/h9-10,14H,6-8H2,1-5H3,(H,15,18)(H,19,20). The topological polar surface area (TPSA) is 86.7 Å². The summed E-state index contributed by atoms with van der Waals surface area (Å²) in [6.45, 7) is 8.76. The van der Waals surface area contributed by atoms with Crippen LogP contribution in [0.3, 0.4) is 0 Å². The summed E-state index contributed by atoms with van der Waals surface area (Å²) in [5, 5.41) is 11.5. The number of ketones is 1. The molecule has 0 aromatic carbocycles. The quantitative estimate of drug-likeness (QED) is 0.657. The van der Waals surface area contributed by atoms with E-state index < -0.39 is 12.0 Å². The number of hydrogen-bond acceptors (Lipinski definition) is 4. The van der Waals surface area contributed by atoms with Crippen LogP contribution in [0.15, 0.2) is 0 Å². The van der Waals surface area contributed by atoms with E-state index in [9.17, 15) is 14.4 Å². The lowest BCUT2D eigenvalue weighted by molar-refractivity contribution is -0.139. The summed E-state index contributed by atoms with van der Waals surface area (Å²) in [5.41, 5.74) is 0. The van der Waals surface area contributed by atoms with Crippen molar-refractivity contribution in [3.8, 4) is 0 Å². The van der Waals surface area contributed by atoms with Gasteiger partial charge in [0.1, 0.15) is 0 Å². The predicted molar refractivity (Wildman–Crippen MR) is 76.4 cm³/mol. The van der Waals surface area contributed by atoms with Gasteiger partial charge in [0.25, 0.3) is 0 Å². The van der Waals surface area contributed by atoms with Crippen molar-refractivity contribution in [2.75, 3.05) is 13.1 Å². The molecule has 0 radical (unpaired) electrons. The Labute approximate surface area is 120 Å². The van der Waals surface area contributed by atoms with E-state index in [0.717, 1.165) is 6.42 Å². The van der Waals surface area contributed by atoms with E-state index in [1.54, 1.807) is 4.90 Å². The molecule has 0 aromatic heterocycles. The number of rotatable bonds is 9.